The van der Waals surface area contributed by atoms with Gasteiger partial charge in [-0.1, -0.05) is 24.1 Å². The first-order chi connectivity index (χ1) is 13.8. The number of aryl methyl sites for hydroxylation is 4. The van der Waals surface area contributed by atoms with Gasteiger partial charge in [-0.3, -0.25) is 0 Å². The second-order valence-electron chi connectivity index (χ2n) is 8.01. The lowest BCUT2D eigenvalue weighted by Gasteiger charge is -2.35. The molecule has 1 fully saturated rings. The fourth-order valence-electron chi connectivity index (χ4n) is 3.67. The van der Waals surface area contributed by atoms with E-state index in [1.807, 2.05) is 6.92 Å². The van der Waals surface area contributed by atoms with E-state index in [-0.39, 0.29) is 5.92 Å². The lowest BCUT2D eigenvalue weighted by Crippen LogP contribution is -2.48. The van der Waals surface area contributed by atoms with Crippen LogP contribution in [0.3, 0.4) is 0 Å². The molecular formula is C23H31NO5. The molecule has 158 valence electrons. The lowest BCUT2D eigenvalue weighted by molar-refractivity contribution is -0.272. The molecule has 0 aliphatic carbocycles. The highest BCUT2D eigenvalue weighted by Crippen LogP contribution is 2.28. The molecular weight excluding hydrogens is 370 g/mol. The van der Waals surface area contributed by atoms with Crippen molar-refractivity contribution in [3.8, 4) is 11.5 Å². The molecule has 6 heteroatoms. The summed E-state index contributed by atoms with van der Waals surface area (Å²) in [6, 6.07) is 6.31. The maximum absolute atomic E-state index is 11.7. The minimum Gasteiger partial charge on any atom is -0.465 e. The van der Waals surface area contributed by atoms with Crippen molar-refractivity contribution in [3.05, 3.63) is 40.8 Å². The number of aromatic nitrogens is 1. The number of carbonyl (C=O) groups is 1. The van der Waals surface area contributed by atoms with Crippen molar-refractivity contribution in [2.75, 3.05) is 20.3 Å². The molecule has 2 aromatic rings. The van der Waals surface area contributed by atoms with Crippen LogP contribution in [0.1, 0.15) is 48.8 Å². The summed E-state index contributed by atoms with van der Waals surface area (Å²) < 4.78 is 21.9. The minimum atomic E-state index is -1.27. The third-order valence-corrected chi connectivity index (χ3v) is 5.53. The number of unbranched alkanes of at least 4 members (excludes halogenated alkanes) is 1. The number of hydrogen-bond acceptors (Lipinski definition) is 6. The van der Waals surface area contributed by atoms with E-state index in [1.54, 1.807) is 6.92 Å². The molecule has 1 aliphatic rings. The molecule has 6 nitrogen and oxygen atoms in total. The summed E-state index contributed by atoms with van der Waals surface area (Å²) in [6.45, 7) is 8.76. The van der Waals surface area contributed by atoms with E-state index < -0.39 is 11.8 Å². The highest BCUT2D eigenvalue weighted by atomic mass is 16.7. The average molecular weight is 402 g/mol. The summed E-state index contributed by atoms with van der Waals surface area (Å²) in [5.41, 5.74) is 4.48. The summed E-state index contributed by atoms with van der Waals surface area (Å²) in [6.07, 6.45) is 3.93. The van der Waals surface area contributed by atoms with Crippen LogP contribution >= 0.6 is 0 Å². The van der Waals surface area contributed by atoms with E-state index in [1.165, 1.54) is 18.2 Å². The van der Waals surface area contributed by atoms with Crippen LogP contribution in [0.4, 0.5) is 0 Å². The van der Waals surface area contributed by atoms with Crippen molar-refractivity contribution in [1.82, 2.24) is 4.98 Å². The van der Waals surface area contributed by atoms with E-state index in [4.69, 9.17) is 23.6 Å². The number of hydrogen-bond donors (Lipinski definition) is 0. The van der Waals surface area contributed by atoms with Crippen molar-refractivity contribution >= 4 is 5.97 Å². The molecule has 1 aromatic carbocycles. The largest absolute Gasteiger partial charge is 0.465 e. The number of esters is 1. The van der Waals surface area contributed by atoms with Gasteiger partial charge >= 0.3 is 5.97 Å². The standard InChI is InChI=1S/C23H31NO5/c1-15-10-11-19(16(2)12-15)21-24-20(17(3)29-21)9-7-6-8-18-13-27-23(4,28-14-18)22(25)26-5/h10-12,18H,6-9,13-14H2,1-5H3. The normalized spacial score (nSPS) is 21.9. The van der Waals surface area contributed by atoms with Crippen molar-refractivity contribution < 1.29 is 23.4 Å². The molecule has 0 atom stereocenters. The first-order valence-electron chi connectivity index (χ1n) is 10.2. The van der Waals surface area contributed by atoms with Crippen molar-refractivity contribution in [3.63, 3.8) is 0 Å². The summed E-state index contributed by atoms with van der Waals surface area (Å²) in [5, 5.41) is 0. The molecule has 0 N–H and O–H groups in total. The van der Waals surface area contributed by atoms with E-state index in [0.29, 0.717) is 19.1 Å². The van der Waals surface area contributed by atoms with Crippen molar-refractivity contribution in [2.45, 2.75) is 59.2 Å². The van der Waals surface area contributed by atoms with Gasteiger partial charge in [-0.15, -0.1) is 0 Å². The van der Waals surface area contributed by atoms with Crippen LogP contribution < -0.4 is 0 Å². The van der Waals surface area contributed by atoms with E-state index >= 15 is 0 Å². The Bertz CT molecular complexity index is 849. The third kappa shape index (κ3) is 5.06. The number of ether oxygens (including phenoxy) is 3. The van der Waals surface area contributed by atoms with E-state index in [9.17, 15) is 4.79 Å². The van der Waals surface area contributed by atoms with Crippen LogP contribution in [-0.4, -0.2) is 37.1 Å². The van der Waals surface area contributed by atoms with Crippen LogP contribution in [0.25, 0.3) is 11.5 Å². The number of methoxy groups -OCH3 is 1. The summed E-state index contributed by atoms with van der Waals surface area (Å²) in [5.74, 6) is 0.117. The molecule has 29 heavy (non-hydrogen) atoms. The second kappa shape index (κ2) is 9.09. The Labute approximate surface area is 172 Å². The first kappa shape index (κ1) is 21.5. The van der Waals surface area contributed by atoms with Gasteiger partial charge in [0, 0.05) is 18.4 Å². The maximum atomic E-state index is 11.7. The van der Waals surface area contributed by atoms with Crippen LogP contribution in [0.2, 0.25) is 0 Å². The summed E-state index contributed by atoms with van der Waals surface area (Å²) in [7, 11) is 1.34. The van der Waals surface area contributed by atoms with Crippen LogP contribution in [0.5, 0.6) is 0 Å². The van der Waals surface area contributed by atoms with Gasteiger partial charge < -0.3 is 18.6 Å². The van der Waals surface area contributed by atoms with E-state index in [2.05, 4.69) is 32.0 Å². The van der Waals surface area contributed by atoms with Crippen LogP contribution in [0, 0.1) is 26.7 Å². The SMILES string of the molecule is COC(=O)C1(C)OCC(CCCCc2nc(-c3ccc(C)cc3C)oc2C)CO1. The monoisotopic (exact) mass is 401 g/mol. The molecule has 1 saturated heterocycles. The van der Waals surface area contributed by atoms with Gasteiger partial charge in [0.2, 0.25) is 5.89 Å². The lowest BCUT2D eigenvalue weighted by atomic mass is 10.0. The Kier molecular flexibility index (Phi) is 6.75. The molecule has 0 unspecified atom stereocenters. The zero-order chi connectivity index (χ0) is 21.0. The van der Waals surface area contributed by atoms with Crippen LogP contribution in [0.15, 0.2) is 22.6 Å². The maximum Gasteiger partial charge on any atom is 0.366 e. The molecule has 0 amide bonds. The predicted molar refractivity (Wildman–Crippen MR) is 110 cm³/mol. The number of carbonyl (C=O) groups excluding carboxylic acids is 1. The third-order valence-electron chi connectivity index (χ3n) is 5.53. The highest BCUT2D eigenvalue weighted by Gasteiger charge is 2.41. The first-order valence-corrected chi connectivity index (χ1v) is 10.2. The molecule has 1 aliphatic heterocycles. The topological polar surface area (TPSA) is 70.8 Å². The fourth-order valence-corrected chi connectivity index (χ4v) is 3.67. The highest BCUT2D eigenvalue weighted by molar-refractivity contribution is 5.77. The molecule has 3 rings (SSSR count). The molecule has 1 aromatic heterocycles. The Morgan fingerprint density at radius 2 is 1.93 bits per heavy atom. The molecule has 0 spiro atoms. The Morgan fingerprint density at radius 1 is 1.21 bits per heavy atom. The Hall–Kier alpha value is -2.18. The zero-order valence-corrected chi connectivity index (χ0v) is 18.0. The van der Waals surface area contributed by atoms with E-state index in [0.717, 1.165) is 42.7 Å². The van der Waals surface area contributed by atoms with Gasteiger partial charge in [0.05, 0.1) is 26.0 Å². The number of oxazole rings is 1. The molecule has 2 heterocycles. The average Bonchev–Trinajstić information content (AvgIpc) is 3.06. The number of nitrogens with zero attached hydrogens (tertiary/aromatic N) is 1. The quantitative estimate of drug-likeness (QED) is 0.501. The summed E-state index contributed by atoms with van der Waals surface area (Å²) >= 11 is 0. The van der Waals surface area contributed by atoms with Crippen molar-refractivity contribution in [2.24, 2.45) is 5.92 Å². The van der Waals surface area contributed by atoms with Crippen molar-refractivity contribution in [1.29, 1.82) is 0 Å². The molecule has 0 radical (unpaired) electrons. The molecule has 0 saturated carbocycles. The van der Waals surface area contributed by atoms with Gasteiger partial charge in [-0.2, -0.15) is 0 Å². The zero-order valence-electron chi connectivity index (χ0n) is 18.0. The van der Waals surface area contributed by atoms with Gasteiger partial charge in [0.15, 0.2) is 0 Å². The van der Waals surface area contributed by atoms with Gasteiger partial charge in [0.25, 0.3) is 5.79 Å². The summed E-state index contributed by atoms with van der Waals surface area (Å²) in [4.78, 5) is 16.4. The number of rotatable bonds is 7. The van der Waals surface area contributed by atoms with Gasteiger partial charge in [0.1, 0.15) is 5.76 Å². The predicted octanol–water partition coefficient (Wildman–Crippen LogP) is 4.53. The Balaban J connectivity index is 1.47. The van der Waals surface area contributed by atoms with Gasteiger partial charge in [-0.05, 0) is 51.7 Å². The second-order valence-corrected chi connectivity index (χ2v) is 8.01. The smallest absolute Gasteiger partial charge is 0.366 e. The number of benzene rings is 1. The minimum absolute atomic E-state index is 0.289. The Morgan fingerprint density at radius 3 is 2.59 bits per heavy atom. The molecule has 0 bridgehead atoms. The van der Waals surface area contributed by atoms with Crippen LogP contribution in [-0.2, 0) is 25.4 Å². The fraction of sp³-hybridized carbons (Fsp3) is 0.565. The van der Waals surface area contributed by atoms with Gasteiger partial charge in [-0.25, -0.2) is 9.78 Å².